The van der Waals surface area contributed by atoms with Gasteiger partial charge in [0.15, 0.2) is 0 Å². The Balaban J connectivity index is 1.84. The van der Waals surface area contributed by atoms with Gasteiger partial charge in [-0.2, -0.15) is 0 Å². The van der Waals surface area contributed by atoms with Gasteiger partial charge in [0.1, 0.15) is 6.33 Å². The Morgan fingerprint density at radius 3 is 3.00 bits per heavy atom. The Kier molecular flexibility index (Phi) is 4.25. The fourth-order valence-corrected chi connectivity index (χ4v) is 2.18. The molecule has 4 heteroatoms. The first-order chi connectivity index (χ1) is 7.86. The van der Waals surface area contributed by atoms with Crippen LogP contribution in [0.15, 0.2) is 18.6 Å². The predicted molar refractivity (Wildman–Crippen MR) is 61.8 cm³/mol. The van der Waals surface area contributed by atoms with Crippen LogP contribution in [0, 0.1) is 0 Å². The highest BCUT2D eigenvalue weighted by Crippen LogP contribution is 2.18. The number of rotatable bonds is 3. The monoisotopic (exact) mass is 221 g/mol. The van der Waals surface area contributed by atoms with Crippen LogP contribution in [0.25, 0.3) is 0 Å². The summed E-state index contributed by atoms with van der Waals surface area (Å²) in [5.74, 6) is 0. The Morgan fingerprint density at radius 2 is 2.19 bits per heavy atom. The van der Waals surface area contributed by atoms with Crippen LogP contribution in [0.2, 0.25) is 0 Å². The first-order valence-electron chi connectivity index (χ1n) is 6.02. The molecule has 1 aromatic rings. The zero-order valence-electron chi connectivity index (χ0n) is 9.47. The maximum atomic E-state index is 9.93. The number of aliphatic hydroxyl groups is 1. The predicted octanol–water partition coefficient (Wildman–Crippen LogP) is 1.26. The van der Waals surface area contributed by atoms with Crippen molar-refractivity contribution in [2.24, 2.45) is 0 Å². The maximum Gasteiger partial charge on any atom is 0.115 e. The first kappa shape index (κ1) is 11.5. The van der Waals surface area contributed by atoms with E-state index in [4.69, 9.17) is 0 Å². The minimum absolute atomic E-state index is 0.204. The minimum atomic E-state index is -0.204. The lowest BCUT2D eigenvalue weighted by Crippen LogP contribution is -2.38. The molecule has 2 atom stereocenters. The van der Waals surface area contributed by atoms with E-state index in [0.29, 0.717) is 6.54 Å². The zero-order chi connectivity index (χ0) is 11.2. The highest BCUT2D eigenvalue weighted by atomic mass is 16.3. The lowest BCUT2D eigenvalue weighted by molar-refractivity contribution is 0.119. The minimum Gasteiger partial charge on any atom is -0.392 e. The molecule has 0 radical (unpaired) electrons. The Hall–Kier alpha value is -1.00. The van der Waals surface area contributed by atoms with Crippen LogP contribution in [0.1, 0.15) is 37.8 Å². The third-order valence-electron chi connectivity index (χ3n) is 3.17. The van der Waals surface area contributed by atoms with E-state index in [0.717, 1.165) is 25.0 Å². The number of aliphatic hydroxyl groups excluding tert-OH is 1. The van der Waals surface area contributed by atoms with Crippen LogP contribution in [0.4, 0.5) is 0 Å². The molecule has 0 aromatic carbocycles. The molecule has 0 aliphatic heterocycles. The van der Waals surface area contributed by atoms with Gasteiger partial charge in [-0.3, -0.25) is 0 Å². The molecule has 1 saturated carbocycles. The Labute approximate surface area is 96.1 Å². The summed E-state index contributed by atoms with van der Waals surface area (Å²) in [4.78, 5) is 8.04. The zero-order valence-corrected chi connectivity index (χ0v) is 9.47. The molecule has 0 bridgehead atoms. The van der Waals surface area contributed by atoms with Crippen LogP contribution in [0.3, 0.4) is 0 Å². The van der Waals surface area contributed by atoms with Gasteiger partial charge in [-0.1, -0.05) is 19.3 Å². The van der Waals surface area contributed by atoms with Crippen LogP contribution in [0.5, 0.6) is 0 Å². The largest absolute Gasteiger partial charge is 0.392 e. The van der Waals surface area contributed by atoms with Gasteiger partial charge in [-0.25, -0.2) is 9.97 Å². The lowest BCUT2D eigenvalue weighted by Gasteiger charge is -2.21. The molecule has 0 saturated heterocycles. The van der Waals surface area contributed by atoms with E-state index < -0.39 is 0 Å². The summed E-state index contributed by atoms with van der Waals surface area (Å²) >= 11 is 0. The molecule has 1 aliphatic carbocycles. The molecule has 16 heavy (non-hydrogen) atoms. The molecular formula is C12H19N3O. The molecule has 4 nitrogen and oxygen atoms in total. The van der Waals surface area contributed by atoms with E-state index in [9.17, 15) is 5.11 Å². The van der Waals surface area contributed by atoms with Crippen molar-refractivity contribution in [1.29, 1.82) is 0 Å². The summed E-state index contributed by atoms with van der Waals surface area (Å²) in [6.45, 7) is 0.713. The van der Waals surface area contributed by atoms with Gasteiger partial charge in [0, 0.05) is 18.8 Å². The standard InChI is InChI=1S/C12H19N3O/c16-12-5-3-1-2-4-11(12)14-8-10-6-7-13-9-15-10/h6-7,9,11-12,14,16H,1-5,8H2. The average molecular weight is 221 g/mol. The number of hydrogen-bond acceptors (Lipinski definition) is 4. The second kappa shape index (κ2) is 5.92. The third-order valence-corrected chi connectivity index (χ3v) is 3.17. The summed E-state index contributed by atoms with van der Waals surface area (Å²) < 4.78 is 0. The fraction of sp³-hybridized carbons (Fsp3) is 0.667. The smallest absolute Gasteiger partial charge is 0.115 e. The van der Waals surface area contributed by atoms with E-state index >= 15 is 0 Å². The number of nitrogens with one attached hydrogen (secondary N) is 1. The summed E-state index contributed by atoms with van der Waals surface area (Å²) in [5.41, 5.74) is 0.978. The molecule has 0 spiro atoms. The van der Waals surface area contributed by atoms with E-state index in [2.05, 4.69) is 15.3 Å². The van der Waals surface area contributed by atoms with Crippen LogP contribution >= 0.6 is 0 Å². The van der Waals surface area contributed by atoms with Crippen molar-refractivity contribution < 1.29 is 5.11 Å². The molecule has 2 rings (SSSR count). The first-order valence-corrected chi connectivity index (χ1v) is 6.02. The van der Waals surface area contributed by atoms with Crippen LogP contribution < -0.4 is 5.32 Å². The van der Waals surface area contributed by atoms with Crippen LogP contribution in [-0.4, -0.2) is 27.2 Å². The molecule has 1 aliphatic rings. The maximum absolute atomic E-state index is 9.93. The summed E-state index contributed by atoms with van der Waals surface area (Å²) in [5, 5.41) is 13.3. The highest BCUT2D eigenvalue weighted by molar-refractivity contribution is 4.97. The summed E-state index contributed by atoms with van der Waals surface area (Å²) in [6.07, 6.45) is 8.67. The van der Waals surface area contributed by atoms with Crippen LogP contribution in [-0.2, 0) is 6.54 Å². The summed E-state index contributed by atoms with van der Waals surface area (Å²) in [6, 6.07) is 2.12. The quantitative estimate of drug-likeness (QED) is 0.754. The topological polar surface area (TPSA) is 58.0 Å². The molecular weight excluding hydrogens is 202 g/mol. The van der Waals surface area contributed by atoms with Crippen molar-refractivity contribution in [2.75, 3.05) is 0 Å². The lowest BCUT2D eigenvalue weighted by atomic mass is 10.1. The fourth-order valence-electron chi connectivity index (χ4n) is 2.18. The molecule has 2 N–H and O–H groups in total. The Morgan fingerprint density at radius 1 is 1.31 bits per heavy atom. The molecule has 2 unspecified atom stereocenters. The second-order valence-electron chi connectivity index (χ2n) is 4.39. The molecule has 1 heterocycles. The average Bonchev–Trinajstić information content (AvgIpc) is 2.53. The van der Waals surface area contributed by atoms with Gasteiger partial charge in [0.2, 0.25) is 0 Å². The molecule has 1 fully saturated rings. The number of aromatic nitrogens is 2. The van der Waals surface area contributed by atoms with Gasteiger partial charge < -0.3 is 10.4 Å². The van der Waals surface area contributed by atoms with Crippen molar-refractivity contribution in [2.45, 2.75) is 50.8 Å². The summed E-state index contributed by atoms with van der Waals surface area (Å²) in [7, 11) is 0. The van der Waals surface area contributed by atoms with Gasteiger partial charge in [-0.05, 0) is 18.9 Å². The van der Waals surface area contributed by atoms with Crippen molar-refractivity contribution in [1.82, 2.24) is 15.3 Å². The van der Waals surface area contributed by atoms with Crippen molar-refractivity contribution in [3.8, 4) is 0 Å². The van der Waals surface area contributed by atoms with Gasteiger partial charge in [-0.15, -0.1) is 0 Å². The van der Waals surface area contributed by atoms with Gasteiger partial charge >= 0.3 is 0 Å². The Bertz CT molecular complexity index is 304. The van der Waals surface area contributed by atoms with E-state index in [-0.39, 0.29) is 12.1 Å². The normalized spacial score (nSPS) is 26.3. The van der Waals surface area contributed by atoms with E-state index in [1.807, 2.05) is 6.07 Å². The number of nitrogens with zero attached hydrogens (tertiary/aromatic N) is 2. The van der Waals surface area contributed by atoms with Crippen molar-refractivity contribution in [3.63, 3.8) is 0 Å². The SMILES string of the molecule is OC1CCCCCC1NCc1ccncn1. The van der Waals surface area contributed by atoms with Crippen molar-refractivity contribution >= 4 is 0 Å². The molecule has 1 aromatic heterocycles. The van der Waals surface area contributed by atoms with E-state index in [1.54, 1.807) is 12.5 Å². The van der Waals surface area contributed by atoms with Gasteiger partial charge in [0.25, 0.3) is 0 Å². The molecule has 88 valence electrons. The number of hydrogen-bond donors (Lipinski definition) is 2. The van der Waals surface area contributed by atoms with Crippen molar-refractivity contribution in [3.05, 3.63) is 24.3 Å². The highest BCUT2D eigenvalue weighted by Gasteiger charge is 2.20. The molecule has 0 amide bonds. The third kappa shape index (κ3) is 3.25. The van der Waals surface area contributed by atoms with Gasteiger partial charge in [0.05, 0.1) is 11.8 Å². The van der Waals surface area contributed by atoms with E-state index in [1.165, 1.54) is 12.8 Å². The second-order valence-corrected chi connectivity index (χ2v) is 4.39.